The van der Waals surface area contributed by atoms with Gasteiger partial charge in [-0.1, -0.05) is 0 Å². The molecule has 1 fully saturated rings. The first-order valence-electron chi connectivity index (χ1n) is 5.72. The van der Waals surface area contributed by atoms with Gasteiger partial charge in [-0.3, -0.25) is 0 Å². The van der Waals surface area contributed by atoms with Crippen LogP contribution in [0.2, 0.25) is 0 Å². The van der Waals surface area contributed by atoms with E-state index in [1.165, 1.54) is 12.4 Å². The number of nitrogens with one attached hydrogen (secondary N) is 2. The normalized spacial score (nSPS) is 17.6. The van der Waals surface area contributed by atoms with Crippen molar-refractivity contribution in [2.24, 2.45) is 0 Å². The Morgan fingerprint density at radius 3 is 2.44 bits per heavy atom. The van der Waals surface area contributed by atoms with Crippen molar-refractivity contribution < 1.29 is 8.42 Å². The second kappa shape index (κ2) is 5.85. The number of nitrogens with zero attached hydrogens (tertiary/aromatic N) is 2. The van der Waals surface area contributed by atoms with E-state index in [9.17, 15) is 8.42 Å². The molecule has 6 nitrogen and oxygen atoms in total. The number of hydrogen-bond acceptors (Lipinski definition) is 6. The largest absolute Gasteiger partial charge is 0.357 e. The smallest absolute Gasteiger partial charge is 0.243 e. The quantitative estimate of drug-likeness (QED) is 0.848. The molecular weight excluding hydrogens is 272 g/mol. The topological polar surface area (TPSA) is 84.0 Å². The monoisotopic (exact) mass is 288 g/mol. The zero-order chi connectivity index (χ0) is 13.0. The Morgan fingerprint density at radius 1 is 1.28 bits per heavy atom. The fraction of sp³-hybridized carbons (Fsp3) is 0.600. The standard InChI is InChI=1S/C10H16N4O2S2/c1-11-10-12-6-9(7-13-10)18(15,16)14-8-2-4-17-5-3-8/h6-8,14H,2-5H2,1H3,(H,11,12,13). The Morgan fingerprint density at radius 2 is 1.89 bits per heavy atom. The molecule has 0 saturated carbocycles. The Bertz CT molecular complexity index is 483. The number of anilines is 1. The van der Waals surface area contributed by atoms with Crippen molar-refractivity contribution in [2.75, 3.05) is 23.9 Å². The van der Waals surface area contributed by atoms with Crippen LogP contribution in [0, 0.1) is 0 Å². The van der Waals surface area contributed by atoms with Crippen LogP contribution in [0.1, 0.15) is 12.8 Å². The van der Waals surface area contributed by atoms with Crippen LogP contribution >= 0.6 is 11.8 Å². The molecule has 1 aromatic rings. The Balaban J connectivity index is 2.08. The molecule has 18 heavy (non-hydrogen) atoms. The van der Waals surface area contributed by atoms with Crippen LogP contribution in [0.4, 0.5) is 5.95 Å². The summed E-state index contributed by atoms with van der Waals surface area (Å²) in [6, 6.07) is 0.0280. The van der Waals surface area contributed by atoms with Crippen molar-refractivity contribution in [1.82, 2.24) is 14.7 Å². The Kier molecular flexibility index (Phi) is 4.41. The molecular formula is C10H16N4O2S2. The molecule has 0 atom stereocenters. The molecule has 1 aromatic heterocycles. The molecule has 2 heterocycles. The van der Waals surface area contributed by atoms with Crippen LogP contribution < -0.4 is 10.0 Å². The highest BCUT2D eigenvalue weighted by molar-refractivity contribution is 7.99. The van der Waals surface area contributed by atoms with Crippen molar-refractivity contribution in [3.8, 4) is 0 Å². The summed E-state index contributed by atoms with van der Waals surface area (Å²) in [6.45, 7) is 0. The Labute approximate surface area is 111 Å². The van der Waals surface area contributed by atoms with Gasteiger partial charge in [0.25, 0.3) is 0 Å². The zero-order valence-electron chi connectivity index (χ0n) is 10.1. The van der Waals surface area contributed by atoms with Gasteiger partial charge in [-0.2, -0.15) is 11.8 Å². The highest BCUT2D eigenvalue weighted by Crippen LogP contribution is 2.19. The lowest BCUT2D eigenvalue weighted by Gasteiger charge is -2.22. The minimum Gasteiger partial charge on any atom is -0.357 e. The van der Waals surface area contributed by atoms with E-state index in [2.05, 4.69) is 20.0 Å². The van der Waals surface area contributed by atoms with Gasteiger partial charge in [-0.05, 0) is 24.3 Å². The van der Waals surface area contributed by atoms with E-state index in [1.54, 1.807) is 7.05 Å². The van der Waals surface area contributed by atoms with Gasteiger partial charge in [0, 0.05) is 13.1 Å². The summed E-state index contributed by atoms with van der Waals surface area (Å²) < 4.78 is 26.9. The molecule has 2 N–H and O–H groups in total. The molecule has 0 aromatic carbocycles. The van der Waals surface area contributed by atoms with Gasteiger partial charge in [-0.25, -0.2) is 23.1 Å². The molecule has 0 bridgehead atoms. The lowest BCUT2D eigenvalue weighted by molar-refractivity contribution is 0.528. The summed E-state index contributed by atoms with van der Waals surface area (Å²) in [5.41, 5.74) is 0. The van der Waals surface area contributed by atoms with Gasteiger partial charge in [0.1, 0.15) is 4.90 Å². The van der Waals surface area contributed by atoms with Crippen molar-refractivity contribution in [2.45, 2.75) is 23.8 Å². The summed E-state index contributed by atoms with van der Waals surface area (Å²) >= 11 is 1.86. The molecule has 0 aliphatic carbocycles. The lowest BCUT2D eigenvalue weighted by Crippen LogP contribution is -2.37. The van der Waals surface area contributed by atoms with Gasteiger partial charge in [0.2, 0.25) is 16.0 Å². The average molecular weight is 288 g/mol. The predicted molar refractivity (Wildman–Crippen MR) is 72.2 cm³/mol. The van der Waals surface area contributed by atoms with E-state index < -0.39 is 10.0 Å². The van der Waals surface area contributed by atoms with E-state index >= 15 is 0 Å². The SMILES string of the molecule is CNc1ncc(S(=O)(=O)NC2CCSCC2)cn1. The summed E-state index contributed by atoms with van der Waals surface area (Å²) in [5.74, 6) is 2.41. The van der Waals surface area contributed by atoms with Crippen molar-refractivity contribution in [3.63, 3.8) is 0 Å². The third-order valence-electron chi connectivity index (χ3n) is 2.71. The molecule has 1 aliphatic rings. The summed E-state index contributed by atoms with van der Waals surface area (Å²) in [7, 11) is -1.81. The fourth-order valence-corrected chi connectivity index (χ4v) is 3.99. The molecule has 1 aliphatic heterocycles. The molecule has 2 rings (SSSR count). The maximum atomic E-state index is 12.1. The maximum absolute atomic E-state index is 12.1. The molecule has 100 valence electrons. The summed E-state index contributed by atoms with van der Waals surface area (Å²) in [6.07, 6.45) is 4.39. The first kappa shape index (κ1) is 13.6. The van der Waals surface area contributed by atoms with Gasteiger partial charge in [0.15, 0.2) is 0 Å². The van der Waals surface area contributed by atoms with Crippen LogP contribution in [0.3, 0.4) is 0 Å². The van der Waals surface area contributed by atoms with E-state index in [0.717, 1.165) is 24.3 Å². The Hall–Kier alpha value is -0.860. The predicted octanol–water partition coefficient (Wildman–Crippen LogP) is 0.692. The number of aromatic nitrogens is 2. The second-order valence-electron chi connectivity index (χ2n) is 4.00. The molecule has 0 radical (unpaired) electrons. The van der Waals surface area contributed by atoms with Crippen molar-refractivity contribution in [3.05, 3.63) is 12.4 Å². The van der Waals surface area contributed by atoms with Gasteiger partial charge < -0.3 is 5.32 Å². The number of sulfonamides is 1. The number of rotatable bonds is 4. The van der Waals surface area contributed by atoms with E-state index in [-0.39, 0.29) is 10.9 Å². The van der Waals surface area contributed by atoms with Crippen LogP contribution in [0.25, 0.3) is 0 Å². The number of thioether (sulfide) groups is 1. The van der Waals surface area contributed by atoms with Crippen molar-refractivity contribution in [1.29, 1.82) is 0 Å². The molecule has 0 amide bonds. The third-order valence-corrected chi connectivity index (χ3v) is 5.23. The summed E-state index contributed by atoms with van der Waals surface area (Å²) in [5, 5.41) is 2.75. The van der Waals surface area contributed by atoms with Crippen LogP contribution in [0.5, 0.6) is 0 Å². The minimum absolute atomic E-state index is 0.0280. The minimum atomic E-state index is -3.50. The van der Waals surface area contributed by atoms with Gasteiger partial charge >= 0.3 is 0 Å². The summed E-state index contributed by atoms with van der Waals surface area (Å²) in [4.78, 5) is 7.93. The van der Waals surface area contributed by atoms with Crippen LogP contribution in [-0.4, -0.2) is 43.0 Å². The van der Waals surface area contributed by atoms with E-state index in [0.29, 0.717) is 5.95 Å². The van der Waals surface area contributed by atoms with Crippen LogP contribution in [-0.2, 0) is 10.0 Å². The first-order valence-corrected chi connectivity index (χ1v) is 8.35. The lowest BCUT2D eigenvalue weighted by atomic mass is 10.2. The van der Waals surface area contributed by atoms with Gasteiger partial charge in [0.05, 0.1) is 12.4 Å². The van der Waals surface area contributed by atoms with E-state index in [1.807, 2.05) is 11.8 Å². The fourth-order valence-electron chi connectivity index (χ4n) is 1.69. The molecule has 8 heteroatoms. The average Bonchev–Trinajstić information content (AvgIpc) is 2.39. The van der Waals surface area contributed by atoms with Gasteiger partial charge in [-0.15, -0.1) is 0 Å². The third kappa shape index (κ3) is 3.33. The van der Waals surface area contributed by atoms with Crippen molar-refractivity contribution >= 4 is 27.7 Å². The maximum Gasteiger partial charge on any atom is 0.243 e. The van der Waals surface area contributed by atoms with Crippen LogP contribution in [0.15, 0.2) is 17.3 Å². The van der Waals surface area contributed by atoms with E-state index in [4.69, 9.17) is 0 Å². The molecule has 0 spiro atoms. The highest BCUT2D eigenvalue weighted by Gasteiger charge is 2.22. The first-order chi connectivity index (χ1) is 8.62. The zero-order valence-corrected chi connectivity index (χ0v) is 11.7. The molecule has 0 unspecified atom stereocenters. The number of hydrogen-bond donors (Lipinski definition) is 2. The highest BCUT2D eigenvalue weighted by atomic mass is 32.2. The second-order valence-corrected chi connectivity index (χ2v) is 6.94. The molecule has 1 saturated heterocycles.